The molecule has 3 atom stereocenters. The van der Waals surface area contributed by atoms with Crippen molar-refractivity contribution in [3.8, 4) is 5.75 Å². The first-order valence-electron chi connectivity index (χ1n) is 12.9. The van der Waals surface area contributed by atoms with Gasteiger partial charge in [-0.1, -0.05) is 77.3 Å². The van der Waals surface area contributed by atoms with Gasteiger partial charge in [-0.25, -0.2) is 0 Å². The molecule has 1 N–H and O–H groups in total. The Balaban J connectivity index is 1.12. The molecule has 0 bridgehead atoms. The first-order valence-corrected chi connectivity index (χ1v) is 13.6. The quantitative estimate of drug-likeness (QED) is 0.196. The molecule has 5 heteroatoms. The number of hydrogen-bond acceptors (Lipinski definition) is 3. The zero-order valence-electron chi connectivity index (χ0n) is 21.1. The van der Waals surface area contributed by atoms with Crippen molar-refractivity contribution in [3.05, 3.63) is 135 Å². The van der Waals surface area contributed by atoms with E-state index in [1.165, 1.54) is 22.4 Å². The van der Waals surface area contributed by atoms with Crippen LogP contribution in [0.1, 0.15) is 46.2 Å². The number of nitrogens with zero attached hydrogens (tertiary/aromatic N) is 1. The molecule has 0 saturated heterocycles. The molecule has 190 valence electrons. The Labute approximate surface area is 233 Å². The predicted octanol–water partition coefficient (Wildman–Crippen LogP) is 9.46. The summed E-state index contributed by atoms with van der Waals surface area (Å²) in [7, 11) is 0. The van der Waals surface area contributed by atoms with Gasteiger partial charge in [-0.3, -0.25) is 4.99 Å². The Morgan fingerprint density at radius 3 is 2.55 bits per heavy atom. The number of fused-ring (bicyclic) bond motifs is 3. The van der Waals surface area contributed by atoms with E-state index in [1.54, 1.807) is 0 Å². The summed E-state index contributed by atoms with van der Waals surface area (Å²) in [4.78, 5) is 4.68. The van der Waals surface area contributed by atoms with E-state index in [2.05, 4.69) is 71.8 Å². The fourth-order valence-corrected chi connectivity index (χ4v) is 5.79. The number of ether oxygens (including phenoxy) is 1. The van der Waals surface area contributed by atoms with E-state index in [4.69, 9.17) is 27.9 Å². The van der Waals surface area contributed by atoms with Crippen LogP contribution in [-0.2, 0) is 6.61 Å². The third-order valence-corrected chi connectivity index (χ3v) is 7.94. The Bertz CT molecular complexity index is 1510. The van der Waals surface area contributed by atoms with Crippen molar-refractivity contribution in [2.24, 2.45) is 10.9 Å². The molecule has 38 heavy (non-hydrogen) atoms. The topological polar surface area (TPSA) is 33.6 Å². The molecule has 0 fully saturated rings. The van der Waals surface area contributed by atoms with Crippen LogP contribution in [0, 0.1) is 12.8 Å². The normalized spacial score (nSPS) is 19.7. The molecular weight excluding hydrogens is 511 g/mol. The number of benzene rings is 4. The predicted molar refractivity (Wildman–Crippen MR) is 158 cm³/mol. The van der Waals surface area contributed by atoms with Crippen molar-refractivity contribution in [3.63, 3.8) is 0 Å². The van der Waals surface area contributed by atoms with Gasteiger partial charge in [0.1, 0.15) is 12.4 Å². The van der Waals surface area contributed by atoms with Crippen LogP contribution in [0.25, 0.3) is 0 Å². The molecule has 2 aliphatic rings. The van der Waals surface area contributed by atoms with Gasteiger partial charge in [0.05, 0.1) is 16.8 Å². The molecule has 1 aliphatic heterocycles. The molecule has 1 heterocycles. The molecule has 0 spiro atoms. The van der Waals surface area contributed by atoms with Gasteiger partial charge >= 0.3 is 0 Å². The Kier molecular flexibility index (Phi) is 6.97. The summed E-state index contributed by atoms with van der Waals surface area (Å²) in [5.74, 6) is 1.64. The van der Waals surface area contributed by atoms with Crippen LogP contribution in [-0.4, -0.2) is 6.21 Å². The molecule has 4 aromatic carbocycles. The summed E-state index contributed by atoms with van der Waals surface area (Å²) >= 11 is 12.4. The lowest BCUT2D eigenvalue weighted by atomic mass is 9.76. The van der Waals surface area contributed by atoms with Gasteiger partial charge in [-0.2, -0.15) is 0 Å². The third kappa shape index (κ3) is 5.22. The van der Waals surface area contributed by atoms with E-state index in [0.717, 1.165) is 23.2 Å². The van der Waals surface area contributed by atoms with Gasteiger partial charge in [0, 0.05) is 22.8 Å². The van der Waals surface area contributed by atoms with Crippen LogP contribution in [0.5, 0.6) is 5.75 Å². The van der Waals surface area contributed by atoms with E-state index in [9.17, 15) is 0 Å². The molecule has 0 amide bonds. The molecule has 0 aromatic heterocycles. The van der Waals surface area contributed by atoms with E-state index in [0.29, 0.717) is 34.2 Å². The minimum Gasteiger partial charge on any atom is -0.487 e. The smallest absolute Gasteiger partial charge is 0.138 e. The molecule has 4 aromatic rings. The number of anilines is 1. The SMILES string of the molecule is Cc1ccc2c(c1)[C@@H]1C=CC[C@@H]1[C@@H](c1ccc(N=Cc3ccc(OCc4ccc(Cl)cc4)c(Cl)c3)cc1)N2. The molecule has 0 saturated carbocycles. The first-order chi connectivity index (χ1) is 18.5. The Morgan fingerprint density at radius 1 is 0.947 bits per heavy atom. The summed E-state index contributed by atoms with van der Waals surface area (Å²) in [5.41, 5.74) is 8.11. The Morgan fingerprint density at radius 2 is 1.76 bits per heavy atom. The summed E-state index contributed by atoms with van der Waals surface area (Å²) in [5, 5.41) is 5.07. The van der Waals surface area contributed by atoms with E-state index in [-0.39, 0.29) is 6.04 Å². The minimum atomic E-state index is 0.280. The van der Waals surface area contributed by atoms with Gasteiger partial charge in [-0.05, 0) is 90.0 Å². The monoisotopic (exact) mass is 538 g/mol. The highest BCUT2D eigenvalue weighted by Crippen LogP contribution is 2.50. The van der Waals surface area contributed by atoms with Crippen LogP contribution in [0.4, 0.5) is 11.4 Å². The van der Waals surface area contributed by atoms with E-state index >= 15 is 0 Å². The molecular formula is C33H28Cl2N2O. The zero-order valence-corrected chi connectivity index (χ0v) is 22.6. The molecule has 3 nitrogen and oxygen atoms in total. The van der Waals surface area contributed by atoms with Crippen LogP contribution in [0.2, 0.25) is 10.0 Å². The lowest BCUT2D eigenvalue weighted by Crippen LogP contribution is -2.29. The second kappa shape index (κ2) is 10.7. The van der Waals surface area contributed by atoms with Gasteiger partial charge < -0.3 is 10.1 Å². The van der Waals surface area contributed by atoms with Gasteiger partial charge in [0.25, 0.3) is 0 Å². The van der Waals surface area contributed by atoms with Gasteiger partial charge in [-0.15, -0.1) is 0 Å². The second-order valence-corrected chi connectivity index (χ2v) is 10.9. The maximum absolute atomic E-state index is 6.48. The van der Waals surface area contributed by atoms with Crippen LogP contribution < -0.4 is 10.1 Å². The highest BCUT2D eigenvalue weighted by atomic mass is 35.5. The lowest BCUT2D eigenvalue weighted by Gasteiger charge is -2.37. The number of rotatable bonds is 6. The van der Waals surface area contributed by atoms with E-state index < -0.39 is 0 Å². The fourth-order valence-electron chi connectivity index (χ4n) is 5.42. The highest BCUT2D eigenvalue weighted by Gasteiger charge is 2.37. The summed E-state index contributed by atoms with van der Waals surface area (Å²) in [6.45, 7) is 2.59. The number of halogens is 2. The largest absolute Gasteiger partial charge is 0.487 e. The van der Waals surface area contributed by atoms with Crippen molar-refractivity contribution in [1.29, 1.82) is 0 Å². The van der Waals surface area contributed by atoms with Crippen molar-refractivity contribution in [1.82, 2.24) is 0 Å². The summed E-state index contributed by atoms with van der Waals surface area (Å²) in [6.07, 6.45) is 7.64. The average molecular weight is 540 g/mol. The molecule has 0 radical (unpaired) electrons. The maximum atomic E-state index is 6.48. The van der Waals surface area contributed by atoms with Crippen LogP contribution in [0.15, 0.2) is 102 Å². The van der Waals surface area contributed by atoms with Crippen molar-refractivity contribution >= 4 is 40.8 Å². The van der Waals surface area contributed by atoms with Crippen LogP contribution in [0.3, 0.4) is 0 Å². The average Bonchev–Trinajstić information content (AvgIpc) is 3.43. The number of nitrogens with one attached hydrogen (secondary N) is 1. The van der Waals surface area contributed by atoms with Crippen molar-refractivity contribution in [2.45, 2.75) is 31.9 Å². The summed E-state index contributed by atoms with van der Waals surface area (Å²) < 4.78 is 5.88. The molecule has 1 aliphatic carbocycles. The number of aryl methyl sites for hydroxylation is 1. The number of aliphatic imine (C=N–C) groups is 1. The van der Waals surface area contributed by atoms with E-state index in [1.807, 2.05) is 48.7 Å². The maximum Gasteiger partial charge on any atom is 0.138 e. The van der Waals surface area contributed by atoms with Crippen LogP contribution >= 0.6 is 23.2 Å². The van der Waals surface area contributed by atoms with Crippen molar-refractivity contribution < 1.29 is 4.74 Å². The zero-order chi connectivity index (χ0) is 26.1. The van der Waals surface area contributed by atoms with Gasteiger partial charge in [0.15, 0.2) is 0 Å². The fraction of sp³-hybridized carbons (Fsp3) is 0.182. The molecule has 0 unspecified atom stereocenters. The minimum absolute atomic E-state index is 0.280. The summed E-state index contributed by atoms with van der Waals surface area (Å²) in [6, 6.07) is 28.9. The second-order valence-electron chi connectivity index (χ2n) is 10.0. The Hall–Kier alpha value is -3.53. The first kappa shape index (κ1) is 24.8. The number of allylic oxidation sites excluding steroid dienone is 2. The third-order valence-electron chi connectivity index (χ3n) is 7.40. The standard InChI is InChI=1S/C33H28Cl2N2O/c1-21-5-15-31-29(17-21)27-3-2-4-28(27)33(37-31)24-9-13-26(14-10-24)36-19-23-8-16-32(30(35)18-23)38-20-22-6-11-25(34)12-7-22/h2-3,5-19,27-28,33,37H,4,20H2,1H3/t27-,28+,33-/m1/s1. The highest BCUT2D eigenvalue weighted by molar-refractivity contribution is 6.32. The molecule has 6 rings (SSSR count). The lowest BCUT2D eigenvalue weighted by molar-refractivity contribution is 0.306. The number of hydrogen-bond donors (Lipinski definition) is 1. The van der Waals surface area contributed by atoms with Gasteiger partial charge in [0.2, 0.25) is 0 Å². The van der Waals surface area contributed by atoms with Crippen molar-refractivity contribution in [2.75, 3.05) is 5.32 Å².